The van der Waals surface area contributed by atoms with Crippen LogP contribution in [-0.4, -0.2) is 74.7 Å². The van der Waals surface area contributed by atoms with Gasteiger partial charge in [-0.15, -0.1) is 0 Å². The molecular formula is C21H26ClN3O8S. The second-order valence-electron chi connectivity index (χ2n) is 7.31. The summed E-state index contributed by atoms with van der Waals surface area (Å²) in [5, 5.41) is 32.9. The lowest BCUT2D eigenvalue weighted by molar-refractivity contribution is 0.0498. The molecule has 34 heavy (non-hydrogen) atoms. The van der Waals surface area contributed by atoms with Gasteiger partial charge in [0.15, 0.2) is 0 Å². The highest BCUT2D eigenvalue weighted by atomic mass is 35.5. The zero-order valence-corrected chi connectivity index (χ0v) is 19.8. The first kappa shape index (κ1) is 27.3. The van der Waals surface area contributed by atoms with Gasteiger partial charge < -0.3 is 30.7 Å². The zero-order valence-electron chi connectivity index (χ0n) is 18.2. The number of hydrogen-bond donors (Lipinski definition) is 6. The minimum Gasteiger partial charge on any atom is -0.496 e. The molecule has 0 unspecified atom stereocenters. The van der Waals surface area contributed by atoms with Crippen molar-refractivity contribution in [3.05, 3.63) is 58.6 Å². The van der Waals surface area contributed by atoms with Crippen LogP contribution < -0.4 is 20.1 Å². The Balaban J connectivity index is 1.96. The van der Waals surface area contributed by atoms with Gasteiger partial charge in [-0.3, -0.25) is 4.79 Å². The monoisotopic (exact) mass is 515 g/mol. The number of nitrogens with one attached hydrogen (secondary N) is 3. The fourth-order valence-electron chi connectivity index (χ4n) is 2.82. The Morgan fingerprint density at radius 1 is 1.03 bits per heavy atom. The number of hydrogen-bond acceptors (Lipinski definition) is 8. The van der Waals surface area contributed by atoms with Crippen molar-refractivity contribution in [2.75, 3.05) is 33.5 Å². The van der Waals surface area contributed by atoms with Gasteiger partial charge in [0.2, 0.25) is 0 Å². The minimum atomic E-state index is -4.26. The van der Waals surface area contributed by atoms with E-state index in [2.05, 4.69) is 5.32 Å². The average Bonchev–Trinajstić information content (AvgIpc) is 2.82. The molecule has 0 aliphatic rings. The summed E-state index contributed by atoms with van der Waals surface area (Å²) in [6.07, 6.45) is 0.398. The van der Waals surface area contributed by atoms with Crippen molar-refractivity contribution in [1.29, 1.82) is 0 Å². The Labute approximate surface area is 201 Å². The topological polar surface area (TPSA) is 174 Å². The van der Waals surface area contributed by atoms with Crippen LogP contribution in [0.2, 0.25) is 5.02 Å². The van der Waals surface area contributed by atoms with Crippen molar-refractivity contribution < 1.29 is 38.1 Å². The molecule has 186 valence electrons. The maximum Gasteiger partial charge on any atom is 0.329 e. The van der Waals surface area contributed by atoms with Crippen LogP contribution in [0.25, 0.3) is 0 Å². The summed E-state index contributed by atoms with van der Waals surface area (Å²) in [4.78, 5) is 24.2. The number of urea groups is 1. The average molecular weight is 516 g/mol. The van der Waals surface area contributed by atoms with Gasteiger partial charge in [0.1, 0.15) is 11.3 Å². The predicted molar refractivity (Wildman–Crippen MR) is 123 cm³/mol. The molecule has 0 heterocycles. The molecule has 0 saturated heterocycles. The lowest BCUT2D eigenvalue weighted by Gasteiger charge is -2.28. The molecule has 0 atom stereocenters. The summed E-state index contributed by atoms with van der Waals surface area (Å²) in [5.74, 6) is 0.000628. The number of aliphatic hydroxyl groups is 3. The SMILES string of the molecule is COc1ccc(Cl)cc1C(=O)NCCc1ccc(S(=O)(=O)NC(=O)NC(CO)(CO)CO)cc1. The third-order valence-electron chi connectivity index (χ3n) is 4.85. The Hall–Kier alpha value is -2.90. The number of carbonyl (C=O) groups is 2. The fraction of sp³-hybridized carbons (Fsp3) is 0.333. The largest absolute Gasteiger partial charge is 0.496 e. The molecule has 0 aliphatic carbocycles. The first-order valence-corrected chi connectivity index (χ1v) is 11.8. The molecule has 3 amide bonds. The van der Waals surface area contributed by atoms with E-state index in [0.717, 1.165) is 5.56 Å². The molecule has 11 nitrogen and oxygen atoms in total. The highest BCUT2D eigenvalue weighted by Crippen LogP contribution is 2.22. The summed E-state index contributed by atoms with van der Waals surface area (Å²) in [6, 6.07) is 9.07. The summed E-state index contributed by atoms with van der Waals surface area (Å²) in [5.41, 5.74) is -0.766. The van der Waals surface area contributed by atoms with Crippen LogP contribution in [0.15, 0.2) is 47.4 Å². The van der Waals surface area contributed by atoms with E-state index in [-0.39, 0.29) is 22.9 Å². The number of amides is 3. The quantitative estimate of drug-likeness (QED) is 0.243. The second kappa shape index (κ2) is 12.0. The van der Waals surface area contributed by atoms with E-state index in [4.69, 9.17) is 16.3 Å². The van der Waals surface area contributed by atoms with Crippen LogP contribution >= 0.6 is 11.6 Å². The van der Waals surface area contributed by atoms with Crippen LogP contribution in [0.5, 0.6) is 5.75 Å². The summed E-state index contributed by atoms with van der Waals surface area (Å²) >= 11 is 5.94. The molecule has 0 aromatic heterocycles. The van der Waals surface area contributed by atoms with Gasteiger partial charge >= 0.3 is 6.03 Å². The molecule has 2 rings (SSSR count). The van der Waals surface area contributed by atoms with Crippen molar-refractivity contribution in [1.82, 2.24) is 15.4 Å². The van der Waals surface area contributed by atoms with Crippen LogP contribution in [0, 0.1) is 0 Å². The van der Waals surface area contributed by atoms with Crippen molar-refractivity contribution in [2.24, 2.45) is 0 Å². The zero-order chi connectivity index (χ0) is 25.4. The Morgan fingerprint density at radius 2 is 1.65 bits per heavy atom. The van der Waals surface area contributed by atoms with Crippen LogP contribution in [0.3, 0.4) is 0 Å². The van der Waals surface area contributed by atoms with Crippen molar-refractivity contribution in [3.8, 4) is 5.75 Å². The standard InChI is InChI=1S/C21H26ClN3O8S/c1-33-18-7-4-15(22)10-17(18)19(29)23-9-8-14-2-5-16(6-3-14)34(31,32)25-20(30)24-21(11-26,12-27)13-28/h2-7,10,26-28H,8-9,11-13H2,1H3,(H,23,29)(H2,24,25,30). The van der Waals surface area contributed by atoms with Crippen molar-refractivity contribution >= 4 is 33.6 Å². The summed E-state index contributed by atoms with van der Waals surface area (Å²) in [6.45, 7) is -2.15. The van der Waals surface area contributed by atoms with E-state index in [1.807, 2.05) is 5.32 Å². The van der Waals surface area contributed by atoms with E-state index < -0.39 is 41.4 Å². The minimum absolute atomic E-state index is 0.207. The number of ether oxygens (including phenoxy) is 1. The molecule has 6 N–H and O–H groups in total. The molecule has 0 fully saturated rings. The maximum atomic E-state index is 12.4. The van der Waals surface area contributed by atoms with Gasteiger partial charge in [0.05, 0.1) is 37.4 Å². The Morgan fingerprint density at radius 3 is 2.21 bits per heavy atom. The lowest BCUT2D eigenvalue weighted by atomic mass is 10.0. The molecule has 0 saturated carbocycles. The summed E-state index contributed by atoms with van der Waals surface area (Å²) in [7, 11) is -2.82. The molecule has 0 radical (unpaired) electrons. The van der Waals surface area contributed by atoms with Crippen molar-refractivity contribution in [3.63, 3.8) is 0 Å². The van der Waals surface area contributed by atoms with E-state index in [1.54, 1.807) is 16.9 Å². The first-order chi connectivity index (χ1) is 16.1. The molecule has 2 aromatic carbocycles. The normalized spacial score (nSPS) is 11.6. The lowest BCUT2D eigenvalue weighted by Crippen LogP contribution is -2.59. The fourth-order valence-corrected chi connectivity index (χ4v) is 3.90. The number of methoxy groups -OCH3 is 1. The van der Waals surface area contributed by atoms with E-state index in [9.17, 15) is 33.3 Å². The van der Waals surface area contributed by atoms with E-state index >= 15 is 0 Å². The molecule has 0 bridgehead atoms. The van der Waals surface area contributed by atoms with Crippen molar-refractivity contribution in [2.45, 2.75) is 16.9 Å². The molecule has 0 aliphatic heterocycles. The molecular weight excluding hydrogens is 490 g/mol. The van der Waals surface area contributed by atoms with E-state index in [1.165, 1.54) is 37.4 Å². The number of sulfonamides is 1. The van der Waals surface area contributed by atoms with Crippen LogP contribution in [0.4, 0.5) is 4.79 Å². The molecule has 2 aromatic rings. The van der Waals surface area contributed by atoms with Gasteiger partial charge in [0.25, 0.3) is 15.9 Å². The van der Waals surface area contributed by atoms with Crippen LogP contribution in [-0.2, 0) is 16.4 Å². The number of halogens is 1. The number of aliphatic hydroxyl groups excluding tert-OH is 3. The van der Waals surface area contributed by atoms with Gasteiger partial charge in [-0.25, -0.2) is 17.9 Å². The molecule has 13 heteroatoms. The number of rotatable bonds is 11. The highest BCUT2D eigenvalue weighted by molar-refractivity contribution is 7.90. The highest BCUT2D eigenvalue weighted by Gasteiger charge is 2.31. The van der Waals surface area contributed by atoms with Gasteiger partial charge in [-0.05, 0) is 42.3 Å². The maximum absolute atomic E-state index is 12.4. The third kappa shape index (κ3) is 7.05. The number of carbonyl (C=O) groups excluding carboxylic acids is 2. The third-order valence-corrected chi connectivity index (χ3v) is 6.43. The van der Waals surface area contributed by atoms with Gasteiger partial charge in [-0.2, -0.15) is 0 Å². The van der Waals surface area contributed by atoms with Crippen LogP contribution in [0.1, 0.15) is 15.9 Å². The predicted octanol–water partition coefficient (Wildman–Crippen LogP) is 0.0247. The van der Waals surface area contributed by atoms with Gasteiger partial charge in [-0.1, -0.05) is 23.7 Å². The number of benzene rings is 2. The first-order valence-electron chi connectivity index (χ1n) is 9.98. The van der Waals surface area contributed by atoms with Gasteiger partial charge in [0, 0.05) is 11.6 Å². The smallest absolute Gasteiger partial charge is 0.329 e. The second-order valence-corrected chi connectivity index (χ2v) is 9.43. The Kier molecular flexibility index (Phi) is 9.65. The molecule has 0 spiro atoms. The Bertz CT molecular complexity index is 1100. The van der Waals surface area contributed by atoms with E-state index in [0.29, 0.717) is 17.2 Å². The summed E-state index contributed by atoms with van der Waals surface area (Å²) < 4.78 is 31.7.